The number of nitrogens with one attached hydrogen (secondary N) is 1. The molecular weight excluding hydrogens is 464 g/mol. The fourth-order valence-corrected chi connectivity index (χ4v) is 4.06. The van der Waals surface area contributed by atoms with Gasteiger partial charge < -0.3 is 10.3 Å². The van der Waals surface area contributed by atoms with E-state index in [2.05, 4.69) is 15.3 Å². The van der Waals surface area contributed by atoms with Crippen LogP contribution in [0.3, 0.4) is 0 Å². The lowest BCUT2D eigenvalue weighted by Crippen LogP contribution is -2.31. The average Bonchev–Trinajstić information content (AvgIpc) is 3.14. The zero-order valence-electron chi connectivity index (χ0n) is 20.4. The highest BCUT2D eigenvalue weighted by atomic mass is 35.5. The number of rotatable bonds is 6. The van der Waals surface area contributed by atoms with E-state index in [1.165, 1.54) is 4.57 Å². The number of aliphatic imine (C=N–C) groups is 1. The number of pyridine rings is 1. The third-order valence-electron chi connectivity index (χ3n) is 5.59. The molecule has 0 bridgehead atoms. The molecule has 9 nitrogen and oxygen atoms in total. The maximum atomic E-state index is 13.5. The number of anilines is 2. The molecule has 0 amide bonds. The number of nitrogens with two attached hydrogens (primary N) is 1. The van der Waals surface area contributed by atoms with Gasteiger partial charge in [-0.3, -0.25) is 23.9 Å². The lowest BCUT2D eigenvalue weighted by molar-refractivity contribution is -0.459. The van der Waals surface area contributed by atoms with Crippen molar-refractivity contribution in [3.63, 3.8) is 0 Å². The van der Waals surface area contributed by atoms with E-state index in [9.17, 15) is 4.79 Å². The van der Waals surface area contributed by atoms with Crippen LogP contribution in [0.1, 0.15) is 22.4 Å². The van der Waals surface area contributed by atoms with Crippen LogP contribution in [0.15, 0.2) is 52.5 Å². The van der Waals surface area contributed by atoms with Gasteiger partial charge in [-0.15, -0.1) is 0 Å². The molecule has 4 aromatic rings. The summed E-state index contributed by atoms with van der Waals surface area (Å²) in [6.07, 6.45) is 5.41. The molecule has 0 saturated carbocycles. The second kappa shape index (κ2) is 9.71. The van der Waals surface area contributed by atoms with Crippen molar-refractivity contribution in [2.75, 3.05) is 25.1 Å². The minimum atomic E-state index is -0.299. The fraction of sp³-hybridized carbons (Fsp3) is 0.240. The minimum Gasteiger partial charge on any atom is -0.383 e. The molecule has 180 valence electrons. The van der Waals surface area contributed by atoms with Crippen LogP contribution in [0.5, 0.6) is 0 Å². The molecule has 10 heteroatoms. The molecule has 3 heterocycles. The van der Waals surface area contributed by atoms with Gasteiger partial charge in [0.1, 0.15) is 11.4 Å². The number of hydrogen-bond donors (Lipinski definition) is 2. The lowest BCUT2D eigenvalue weighted by Gasteiger charge is -2.13. The number of hydrogen-bond acceptors (Lipinski definition) is 5. The van der Waals surface area contributed by atoms with Crippen LogP contribution in [0.25, 0.3) is 10.9 Å². The van der Waals surface area contributed by atoms with Crippen molar-refractivity contribution in [2.24, 2.45) is 19.1 Å². The number of fused-ring (bicyclic) bond motifs is 1. The van der Waals surface area contributed by atoms with Crippen molar-refractivity contribution in [2.45, 2.75) is 13.5 Å². The summed E-state index contributed by atoms with van der Waals surface area (Å²) in [5, 5.41) is 4.53. The van der Waals surface area contributed by atoms with Crippen molar-refractivity contribution < 1.29 is 4.58 Å². The Labute approximate surface area is 208 Å². The van der Waals surface area contributed by atoms with E-state index in [4.69, 9.17) is 22.3 Å². The lowest BCUT2D eigenvalue weighted by atomic mass is 10.1. The minimum absolute atomic E-state index is 0.1000. The van der Waals surface area contributed by atoms with Crippen LogP contribution in [0.2, 0.25) is 5.02 Å². The van der Waals surface area contributed by atoms with Crippen molar-refractivity contribution >= 4 is 46.3 Å². The Morgan fingerprint density at radius 1 is 1.26 bits per heavy atom. The topological polar surface area (TPSA) is 106 Å². The zero-order valence-corrected chi connectivity index (χ0v) is 21.1. The van der Waals surface area contributed by atoms with E-state index < -0.39 is 0 Å². The Bertz CT molecular complexity index is 1540. The fourth-order valence-electron chi connectivity index (χ4n) is 3.89. The number of aromatic nitrogens is 4. The molecule has 0 aliphatic carbocycles. The molecule has 0 saturated heterocycles. The van der Waals surface area contributed by atoms with Gasteiger partial charge in [-0.2, -0.15) is 4.98 Å². The smallest absolute Gasteiger partial charge is 0.303 e. The first-order valence-corrected chi connectivity index (χ1v) is 11.4. The monoisotopic (exact) mass is 491 g/mol. The predicted molar refractivity (Wildman–Crippen MR) is 142 cm³/mol. The third kappa shape index (κ3) is 4.95. The summed E-state index contributed by atoms with van der Waals surface area (Å²) in [5.41, 5.74) is 10.4. The van der Waals surface area contributed by atoms with Gasteiger partial charge in [0.2, 0.25) is 6.34 Å². The van der Waals surface area contributed by atoms with Gasteiger partial charge >= 0.3 is 5.95 Å². The van der Waals surface area contributed by atoms with Crippen molar-refractivity contribution in [1.29, 1.82) is 0 Å². The molecular formula is C25H28ClN8O+. The molecule has 0 unspecified atom stereocenters. The largest absolute Gasteiger partial charge is 0.383 e. The van der Waals surface area contributed by atoms with E-state index in [1.54, 1.807) is 24.2 Å². The van der Waals surface area contributed by atoms with Crippen molar-refractivity contribution in [1.82, 2.24) is 19.1 Å². The Kier molecular flexibility index (Phi) is 6.70. The Hall–Kier alpha value is -3.98. The Morgan fingerprint density at radius 3 is 2.71 bits per heavy atom. The SMILES string of the molecule is Cc1cc(C(=NCc2ccnc3ccc(Cl)cc23)c2c(N)nc(NC=[N+](C)C)n(C)c2=O)n(C)c1. The molecule has 0 spiro atoms. The van der Waals surface area contributed by atoms with E-state index >= 15 is 0 Å². The summed E-state index contributed by atoms with van der Waals surface area (Å²) in [6, 6.07) is 9.44. The summed E-state index contributed by atoms with van der Waals surface area (Å²) in [7, 11) is 7.29. The van der Waals surface area contributed by atoms with Gasteiger partial charge in [0.05, 0.1) is 37.6 Å². The van der Waals surface area contributed by atoms with Crippen molar-refractivity contribution in [3.8, 4) is 0 Å². The number of nitrogens with zero attached hydrogens (tertiary/aromatic N) is 6. The summed E-state index contributed by atoms with van der Waals surface area (Å²) >= 11 is 6.24. The molecule has 1 aromatic carbocycles. The maximum absolute atomic E-state index is 13.5. The molecule has 0 radical (unpaired) electrons. The highest BCUT2D eigenvalue weighted by Crippen LogP contribution is 2.23. The highest BCUT2D eigenvalue weighted by molar-refractivity contribution is 6.31. The molecule has 4 rings (SSSR count). The number of aryl methyl sites for hydroxylation is 2. The van der Waals surface area contributed by atoms with E-state index in [0.29, 0.717) is 23.2 Å². The molecule has 0 fully saturated rings. The van der Waals surface area contributed by atoms with Crippen LogP contribution >= 0.6 is 11.6 Å². The molecule has 35 heavy (non-hydrogen) atoms. The van der Waals surface area contributed by atoms with E-state index in [0.717, 1.165) is 27.7 Å². The first-order valence-electron chi connectivity index (χ1n) is 11.0. The summed E-state index contributed by atoms with van der Waals surface area (Å²) < 4.78 is 5.17. The summed E-state index contributed by atoms with van der Waals surface area (Å²) in [4.78, 5) is 27.3. The van der Waals surface area contributed by atoms with Gasteiger partial charge in [-0.25, -0.2) is 5.32 Å². The van der Waals surface area contributed by atoms with Gasteiger partial charge in [-0.1, -0.05) is 11.6 Å². The number of benzene rings is 1. The van der Waals surface area contributed by atoms with E-state index in [-0.39, 0.29) is 16.9 Å². The molecule has 0 atom stereocenters. The van der Waals surface area contributed by atoms with Gasteiger partial charge in [0.15, 0.2) is 0 Å². The van der Waals surface area contributed by atoms with Crippen LogP contribution in [0, 0.1) is 6.92 Å². The molecule has 3 aromatic heterocycles. The Morgan fingerprint density at radius 2 is 2.03 bits per heavy atom. The second-order valence-electron chi connectivity index (χ2n) is 8.61. The van der Waals surface area contributed by atoms with E-state index in [1.807, 2.05) is 69.2 Å². The first-order chi connectivity index (χ1) is 16.7. The van der Waals surface area contributed by atoms with Crippen LogP contribution < -0.4 is 16.6 Å². The first kappa shape index (κ1) is 24.2. The zero-order chi connectivity index (χ0) is 25.3. The standard InChI is InChI=1S/C25H27ClN8O/c1-15-10-20(33(4)13-15)22(21-23(27)31-25(30-14-32(2)3)34(5)24(21)35)29-12-16-8-9-28-19-7-6-17(26)11-18(16)19/h6-11,13-14H,12H2,1-5H3,(H2,27,29,35)/p+1. The van der Waals surface area contributed by atoms with Gasteiger partial charge in [0, 0.05) is 36.9 Å². The van der Waals surface area contributed by atoms with Crippen molar-refractivity contribution in [3.05, 3.63) is 80.5 Å². The van der Waals surface area contributed by atoms with Crippen LogP contribution in [0.4, 0.5) is 11.8 Å². The van der Waals surface area contributed by atoms with Crippen LogP contribution in [-0.4, -0.2) is 49.8 Å². The second-order valence-corrected chi connectivity index (χ2v) is 9.04. The summed E-state index contributed by atoms with van der Waals surface area (Å²) in [6.45, 7) is 2.29. The third-order valence-corrected chi connectivity index (χ3v) is 5.83. The quantitative estimate of drug-likeness (QED) is 0.245. The maximum Gasteiger partial charge on any atom is 0.303 e. The van der Waals surface area contributed by atoms with Gasteiger partial charge in [0.25, 0.3) is 5.56 Å². The molecule has 3 N–H and O–H groups in total. The highest BCUT2D eigenvalue weighted by Gasteiger charge is 2.22. The van der Waals surface area contributed by atoms with Crippen LogP contribution in [-0.2, 0) is 20.6 Å². The number of halogens is 1. The number of nitrogen functional groups attached to an aromatic ring is 1. The summed E-state index contributed by atoms with van der Waals surface area (Å²) in [5.74, 6) is 0.435. The van der Waals surface area contributed by atoms with Gasteiger partial charge in [-0.05, 0) is 48.4 Å². The normalized spacial score (nSPS) is 11.7. The molecule has 0 aliphatic rings. The molecule has 0 aliphatic heterocycles. The average molecular weight is 492 g/mol. The Balaban J connectivity index is 1.89. The predicted octanol–water partition coefficient (Wildman–Crippen LogP) is 2.96.